The van der Waals surface area contributed by atoms with Gasteiger partial charge in [0.15, 0.2) is 0 Å². The zero-order chi connectivity index (χ0) is 17.9. The zero-order valence-electron chi connectivity index (χ0n) is 10.6. The first kappa shape index (κ1) is 17.4. The van der Waals surface area contributed by atoms with Crippen LogP contribution in [0.4, 0.5) is 32.6 Å². The van der Waals surface area contributed by atoms with E-state index in [1.807, 2.05) is 0 Å². The molecule has 0 spiro atoms. The third kappa shape index (κ3) is 3.51. The van der Waals surface area contributed by atoms with Crippen molar-refractivity contribution in [1.29, 1.82) is 0 Å². The van der Waals surface area contributed by atoms with Crippen LogP contribution >= 0.6 is 10.2 Å². The van der Waals surface area contributed by atoms with Crippen molar-refractivity contribution >= 4 is 22.3 Å². The van der Waals surface area contributed by atoms with Crippen LogP contribution in [0.1, 0.15) is 5.56 Å². The van der Waals surface area contributed by atoms with Gasteiger partial charge in [0.05, 0.1) is 5.57 Å². The lowest BCUT2D eigenvalue weighted by Crippen LogP contribution is -2.40. The Balaban J connectivity index is 2.63. The van der Waals surface area contributed by atoms with E-state index in [-0.39, 0.29) is 24.3 Å². The number of rotatable bonds is 2. The van der Waals surface area contributed by atoms with Crippen LogP contribution in [0.2, 0.25) is 0 Å². The van der Waals surface area contributed by atoms with Crippen molar-refractivity contribution in [3.8, 4) is 5.75 Å². The number of carbonyl (C=O) groups is 1. The molecule has 1 atom stereocenters. The summed E-state index contributed by atoms with van der Waals surface area (Å²) in [5.41, 5.74) is -2.25. The number of aliphatic carboxylic acids is 1. The lowest BCUT2D eigenvalue weighted by Gasteiger charge is -2.41. The maximum Gasteiger partial charge on any atom is 0.430 e. The topological polar surface area (TPSA) is 46.5 Å². The maximum atomic E-state index is 12.7. The van der Waals surface area contributed by atoms with Crippen molar-refractivity contribution in [3.63, 3.8) is 0 Å². The molecule has 1 aliphatic rings. The van der Waals surface area contributed by atoms with Gasteiger partial charge in [-0.15, -0.1) is 0 Å². The molecule has 1 aliphatic heterocycles. The molecule has 130 valence electrons. The standard InChI is InChI=1S/C11H6F8O3S/c12-11(13,14)9-7(10(20)21)4-5-3-6(1-2-8(5)22-9)23(15,16,17,18)19/h1-4,9H,(H,20,21). The van der Waals surface area contributed by atoms with Crippen LogP contribution in [0.25, 0.3) is 6.08 Å². The molecule has 1 unspecified atom stereocenters. The second-order valence-corrected chi connectivity index (χ2v) is 7.02. The Morgan fingerprint density at radius 3 is 2.13 bits per heavy atom. The van der Waals surface area contributed by atoms with Crippen LogP contribution in [-0.2, 0) is 4.79 Å². The molecule has 1 aromatic rings. The summed E-state index contributed by atoms with van der Waals surface area (Å²) >= 11 is 0. The highest BCUT2D eigenvalue weighted by molar-refractivity contribution is 8.45. The average Bonchev–Trinajstić information content (AvgIpc) is 2.32. The first-order valence-corrected chi connectivity index (χ1v) is 7.50. The van der Waals surface area contributed by atoms with E-state index in [1.54, 1.807) is 0 Å². The van der Waals surface area contributed by atoms with Crippen molar-refractivity contribution in [2.45, 2.75) is 17.2 Å². The summed E-state index contributed by atoms with van der Waals surface area (Å²) in [6, 6.07) is 0.0241. The quantitative estimate of drug-likeness (QED) is 0.734. The molecule has 2 rings (SSSR count). The molecule has 0 fully saturated rings. The third-order valence-corrected chi connectivity index (χ3v) is 3.95. The molecule has 1 heterocycles. The van der Waals surface area contributed by atoms with Crippen molar-refractivity contribution in [2.24, 2.45) is 0 Å². The zero-order valence-corrected chi connectivity index (χ0v) is 11.4. The molecule has 0 saturated carbocycles. The molecule has 0 amide bonds. The summed E-state index contributed by atoms with van der Waals surface area (Å²) < 4.78 is 106. The van der Waals surface area contributed by atoms with Crippen LogP contribution in [0.3, 0.4) is 0 Å². The number of alkyl halides is 3. The Labute approximate surface area is 122 Å². The largest absolute Gasteiger partial charge is 0.478 e. The lowest BCUT2D eigenvalue weighted by molar-refractivity contribution is -0.187. The predicted octanol–water partition coefficient (Wildman–Crippen LogP) is 5.14. The van der Waals surface area contributed by atoms with Crippen molar-refractivity contribution < 1.29 is 47.2 Å². The van der Waals surface area contributed by atoms with Crippen molar-refractivity contribution in [3.05, 3.63) is 29.3 Å². The molecule has 0 saturated heterocycles. The Morgan fingerprint density at radius 2 is 1.70 bits per heavy atom. The Morgan fingerprint density at radius 1 is 1.13 bits per heavy atom. The van der Waals surface area contributed by atoms with Gasteiger partial charge in [-0.05, 0) is 24.3 Å². The number of hydrogen-bond acceptors (Lipinski definition) is 2. The van der Waals surface area contributed by atoms with Gasteiger partial charge in [0.25, 0.3) is 0 Å². The minimum absolute atomic E-state index is 0.118. The average molecular weight is 370 g/mol. The third-order valence-electron chi connectivity index (χ3n) is 2.81. The monoisotopic (exact) mass is 370 g/mol. The predicted molar refractivity (Wildman–Crippen MR) is 63.9 cm³/mol. The first-order chi connectivity index (χ1) is 9.99. The summed E-state index contributed by atoms with van der Waals surface area (Å²) in [5.74, 6) is -2.89. The fourth-order valence-corrected chi connectivity index (χ4v) is 2.51. The number of benzene rings is 1. The Bertz CT molecular complexity index is 719. The Kier molecular flexibility index (Phi) is 3.10. The highest BCUT2D eigenvalue weighted by atomic mass is 32.5. The van der Waals surface area contributed by atoms with Crippen LogP contribution < -0.4 is 4.74 Å². The molecule has 1 N–H and O–H groups in total. The van der Waals surface area contributed by atoms with Crippen LogP contribution in [-0.4, -0.2) is 23.4 Å². The minimum Gasteiger partial charge on any atom is -0.478 e. The van der Waals surface area contributed by atoms with E-state index in [9.17, 15) is 37.4 Å². The summed E-state index contributed by atoms with van der Waals surface area (Å²) in [7, 11) is -10.1. The second-order valence-electron chi connectivity index (χ2n) is 4.61. The lowest BCUT2D eigenvalue weighted by atomic mass is 10.0. The van der Waals surface area contributed by atoms with Gasteiger partial charge < -0.3 is 9.84 Å². The smallest absolute Gasteiger partial charge is 0.430 e. The summed E-state index contributed by atoms with van der Waals surface area (Å²) in [6.07, 6.45) is -7.84. The summed E-state index contributed by atoms with van der Waals surface area (Å²) in [6.45, 7) is 0. The molecule has 12 heteroatoms. The van der Waals surface area contributed by atoms with E-state index < -0.39 is 50.3 Å². The Hall–Kier alpha value is -1.98. The number of fused-ring (bicyclic) bond motifs is 1. The van der Waals surface area contributed by atoms with Gasteiger partial charge in [-0.1, -0.05) is 19.4 Å². The number of carboxylic acids is 1. The number of ether oxygens (including phenoxy) is 1. The molecular formula is C11H6F8O3S. The number of carboxylic acid groups (broad SMARTS) is 1. The SMILES string of the molecule is O=C(O)C1=Cc2cc(S(F)(F)(F)(F)F)ccc2OC1C(F)(F)F. The van der Waals surface area contributed by atoms with Gasteiger partial charge in [0.2, 0.25) is 6.10 Å². The van der Waals surface area contributed by atoms with Gasteiger partial charge in [-0.25, -0.2) is 4.79 Å². The fraction of sp³-hybridized carbons (Fsp3) is 0.182. The molecular weight excluding hydrogens is 364 g/mol. The molecule has 0 aliphatic carbocycles. The van der Waals surface area contributed by atoms with E-state index in [1.165, 1.54) is 0 Å². The van der Waals surface area contributed by atoms with Gasteiger partial charge in [-0.3, -0.25) is 0 Å². The molecule has 0 aromatic heterocycles. The van der Waals surface area contributed by atoms with Gasteiger partial charge in [-0.2, -0.15) is 13.2 Å². The molecule has 0 radical (unpaired) electrons. The molecule has 1 aromatic carbocycles. The van der Waals surface area contributed by atoms with Gasteiger partial charge in [0, 0.05) is 5.56 Å². The highest BCUT2D eigenvalue weighted by Crippen LogP contribution is 3.02. The van der Waals surface area contributed by atoms with Crippen LogP contribution in [0.5, 0.6) is 5.75 Å². The minimum atomic E-state index is -10.1. The van der Waals surface area contributed by atoms with E-state index >= 15 is 0 Å². The van der Waals surface area contributed by atoms with Gasteiger partial charge in [0.1, 0.15) is 10.6 Å². The maximum absolute atomic E-state index is 12.7. The van der Waals surface area contributed by atoms with Crippen molar-refractivity contribution in [2.75, 3.05) is 0 Å². The second kappa shape index (κ2) is 4.10. The number of halogens is 8. The van der Waals surface area contributed by atoms with Crippen LogP contribution in [0.15, 0.2) is 28.7 Å². The van der Waals surface area contributed by atoms with E-state index in [0.29, 0.717) is 0 Å². The van der Waals surface area contributed by atoms with Crippen LogP contribution in [0, 0.1) is 0 Å². The highest BCUT2D eigenvalue weighted by Gasteiger charge is 2.65. The first-order valence-electron chi connectivity index (χ1n) is 5.55. The van der Waals surface area contributed by atoms with Crippen molar-refractivity contribution in [1.82, 2.24) is 0 Å². The van der Waals surface area contributed by atoms with Gasteiger partial charge >= 0.3 is 22.4 Å². The molecule has 23 heavy (non-hydrogen) atoms. The van der Waals surface area contributed by atoms with E-state index in [2.05, 4.69) is 4.74 Å². The van der Waals surface area contributed by atoms with E-state index in [0.717, 1.165) is 0 Å². The molecule has 3 nitrogen and oxygen atoms in total. The molecule has 0 bridgehead atoms. The number of hydrogen-bond donors (Lipinski definition) is 1. The fourth-order valence-electron chi connectivity index (χ4n) is 1.84. The van der Waals surface area contributed by atoms with E-state index in [4.69, 9.17) is 5.11 Å². The normalized spacial score (nSPS) is 21.4. The summed E-state index contributed by atoms with van der Waals surface area (Å²) in [4.78, 5) is 8.46. The summed E-state index contributed by atoms with van der Waals surface area (Å²) in [5, 5.41) is 8.72.